The molecule has 1 atom stereocenters. The maximum Gasteiger partial charge on any atom is 0.336 e. The van der Waals surface area contributed by atoms with Gasteiger partial charge in [0.25, 0.3) is 0 Å². The number of carbonyl (C=O) groups excluding carboxylic acids is 2. The molecule has 2 aliphatic heterocycles. The van der Waals surface area contributed by atoms with Crippen molar-refractivity contribution >= 4 is 11.9 Å². The van der Waals surface area contributed by atoms with E-state index >= 15 is 0 Å². The molecule has 168 valence electrons. The quantitative estimate of drug-likeness (QED) is 0.682. The van der Waals surface area contributed by atoms with E-state index in [1.165, 1.54) is 11.0 Å². The van der Waals surface area contributed by atoms with Crippen molar-refractivity contribution in [1.82, 2.24) is 40.4 Å². The van der Waals surface area contributed by atoms with Gasteiger partial charge in [-0.3, -0.25) is 9.78 Å². The van der Waals surface area contributed by atoms with Crippen molar-refractivity contribution in [2.24, 2.45) is 5.41 Å². The molecule has 0 radical (unpaired) electrons. The van der Waals surface area contributed by atoms with E-state index in [0.29, 0.717) is 24.0 Å². The molecule has 5 rings (SSSR count). The second kappa shape index (κ2) is 8.05. The third kappa shape index (κ3) is 3.56. The molecule has 0 aromatic carbocycles. The van der Waals surface area contributed by atoms with Gasteiger partial charge in [-0.05, 0) is 56.4 Å². The van der Waals surface area contributed by atoms with Crippen LogP contribution in [0.2, 0.25) is 0 Å². The first-order valence-corrected chi connectivity index (χ1v) is 11.0. The lowest BCUT2D eigenvalue weighted by molar-refractivity contribution is -0.138. The van der Waals surface area contributed by atoms with Crippen LogP contribution < -0.4 is 5.32 Å². The van der Waals surface area contributed by atoms with Crippen LogP contribution in [0.4, 0.5) is 0 Å². The summed E-state index contributed by atoms with van der Waals surface area (Å²) in [7, 11) is 0. The van der Waals surface area contributed by atoms with Crippen molar-refractivity contribution in [3.05, 3.63) is 35.7 Å². The highest BCUT2D eigenvalue weighted by molar-refractivity contribution is 5.94. The molecule has 2 aromatic heterocycles. The van der Waals surface area contributed by atoms with Crippen LogP contribution in [-0.4, -0.2) is 66.1 Å². The number of hydrogen-bond acceptors (Lipinski definition) is 9. The molecule has 1 N–H and O–H groups in total. The zero-order chi connectivity index (χ0) is 22.3. The predicted octanol–water partition coefficient (Wildman–Crippen LogP) is 1.09. The SMILES string of the molecule is CC1=C(N2CCC3(CCC(N[C@@H](C)c4cnc(-n5cnnn5)cn4)CC3)C2=O)COC1=O. The first kappa shape index (κ1) is 20.7. The van der Waals surface area contributed by atoms with E-state index in [1.54, 1.807) is 24.2 Å². The Kier molecular flexibility index (Phi) is 5.20. The molecule has 1 aliphatic carbocycles. The van der Waals surface area contributed by atoms with Crippen LogP contribution in [-0.2, 0) is 14.3 Å². The lowest BCUT2D eigenvalue weighted by Gasteiger charge is -2.37. The largest absolute Gasteiger partial charge is 0.456 e. The molecular formula is C21H26N8O3. The Morgan fingerprint density at radius 3 is 2.62 bits per heavy atom. The summed E-state index contributed by atoms with van der Waals surface area (Å²) in [5, 5.41) is 14.7. The predicted molar refractivity (Wildman–Crippen MR) is 111 cm³/mol. The van der Waals surface area contributed by atoms with Gasteiger partial charge in [0.2, 0.25) is 5.91 Å². The smallest absolute Gasteiger partial charge is 0.336 e. The molecule has 1 spiro atoms. The molecule has 1 saturated carbocycles. The molecule has 0 bridgehead atoms. The van der Waals surface area contributed by atoms with Gasteiger partial charge < -0.3 is 15.0 Å². The highest BCUT2D eigenvalue weighted by Crippen LogP contribution is 2.46. The summed E-state index contributed by atoms with van der Waals surface area (Å²) in [6.07, 6.45) is 9.24. The van der Waals surface area contributed by atoms with E-state index in [0.717, 1.165) is 43.5 Å². The summed E-state index contributed by atoms with van der Waals surface area (Å²) in [5.41, 5.74) is 1.84. The Morgan fingerprint density at radius 2 is 2.00 bits per heavy atom. The second-order valence-electron chi connectivity index (χ2n) is 8.85. The van der Waals surface area contributed by atoms with Crippen LogP contribution in [0.3, 0.4) is 0 Å². The van der Waals surface area contributed by atoms with E-state index < -0.39 is 0 Å². The number of cyclic esters (lactones) is 1. The summed E-state index contributed by atoms with van der Waals surface area (Å²) >= 11 is 0. The van der Waals surface area contributed by atoms with Gasteiger partial charge in [-0.2, -0.15) is 4.68 Å². The summed E-state index contributed by atoms with van der Waals surface area (Å²) in [6, 6.07) is 0.352. The number of hydrogen-bond donors (Lipinski definition) is 1. The first-order valence-electron chi connectivity index (χ1n) is 11.0. The van der Waals surface area contributed by atoms with E-state index in [9.17, 15) is 9.59 Å². The summed E-state index contributed by atoms with van der Waals surface area (Å²) in [6.45, 7) is 4.69. The summed E-state index contributed by atoms with van der Waals surface area (Å²) < 4.78 is 6.57. The van der Waals surface area contributed by atoms with Gasteiger partial charge in [0, 0.05) is 18.6 Å². The molecule has 32 heavy (non-hydrogen) atoms. The number of aromatic nitrogens is 6. The number of nitrogens with one attached hydrogen (secondary N) is 1. The number of nitrogens with zero attached hydrogens (tertiary/aromatic N) is 7. The van der Waals surface area contributed by atoms with Crippen molar-refractivity contribution in [3.63, 3.8) is 0 Å². The van der Waals surface area contributed by atoms with Gasteiger partial charge in [0.05, 0.1) is 34.8 Å². The maximum atomic E-state index is 13.3. The van der Waals surface area contributed by atoms with E-state index in [4.69, 9.17) is 4.74 Å². The number of amides is 1. The van der Waals surface area contributed by atoms with Crippen LogP contribution in [0.15, 0.2) is 30.0 Å². The molecule has 2 fully saturated rings. The van der Waals surface area contributed by atoms with Crippen LogP contribution in [0.5, 0.6) is 0 Å². The van der Waals surface area contributed by atoms with E-state index in [1.807, 2.05) is 0 Å². The van der Waals surface area contributed by atoms with Crippen molar-refractivity contribution in [1.29, 1.82) is 0 Å². The molecule has 0 unspecified atom stereocenters. The molecule has 4 heterocycles. The lowest BCUT2D eigenvalue weighted by Crippen LogP contribution is -2.42. The van der Waals surface area contributed by atoms with E-state index in [2.05, 4.69) is 37.7 Å². The van der Waals surface area contributed by atoms with Crippen LogP contribution >= 0.6 is 0 Å². The summed E-state index contributed by atoms with van der Waals surface area (Å²) in [4.78, 5) is 35.7. The molecule has 11 heteroatoms. The number of esters is 1. The lowest BCUT2D eigenvalue weighted by atomic mass is 9.71. The monoisotopic (exact) mass is 438 g/mol. The van der Waals surface area contributed by atoms with Crippen molar-refractivity contribution in [3.8, 4) is 5.82 Å². The highest BCUT2D eigenvalue weighted by atomic mass is 16.5. The van der Waals surface area contributed by atoms with Crippen molar-refractivity contribution in [2.75, 3.05) is 13.2 Å². The molecule has 1 saturated heterocycles. The maximum absolute atomic E-state index is 13.3. The van der Waals surface area contributed by atoms with Crippen molar-refractivity contribution < 1.29 is 14.3 Å². The Balaban J connectivity index is 1.18. The summed E-state index contributed by atoms with van der Waals surface area (Å²) in [5.74, 6) is 0.403. The minimum absolute atomic E-state index is 0.0368. The average molecular weight is 438 g/mol. The Labute approximate surface area is 185 Å². The molecule has 2 aromatic rings. The van der Waals surface area contributed by atoms with Gasteiger partial charge in [0.1, 0.15) is 12.9 Å². The fourth-order valence-electron chi connectivity index (χ4n) is 5.01. The Hall–Kier alpha value is -3.21. The Morgan fingerprint density at radius 1 is 1.19 bits per heavy atom. The fraction of sp³-hybridized carbons (Fsp3) is 0.571. The average Bonchev–Trinajstić information content (AvgIpc) is 3.53. The zero-order valence-electron chi connectivity index (χ0n) is 18.2. The van der Waals surface area contributed by atoms with Crippen LogP contribution in [0.1, 0.15) is 57.7 Å². The number of carbonyl (C=O) groups is 2. The van der Waals surface area contributed by atoms with Crippen LogP contribution in [0.25, 0.3) is 5.82 Å². The number of ether oxygens (including phenoxy) is 1. The third-order valence-corrected chi connectivity index (χ3v) is 7.03. The first-order chi connectivity index (χ1) is 15.5. The number of tetrazole rings is 1. The standard InChI is InChI=1S/C21H26N8O3/c1-13-17(11-32-19(13)30)28-8-7-21(20(28)31)5-3-15(4-6-21)25-14(2)16-9-23-18(10-22-16)29-12-24-26-27-29/h9-10,12,14-15,25H,3-8,11H2,1-2H3/t14-,15?,21?/m0/s1. The van der Waals surface area contributed by atoms with E-state index in [-0.39, 0.29) is 29.9 Å². The van der Waals surface area contributed by atoms with Gasteiger partial charge in [-0.25, -0.2) is 9.78 Å². The van der Waals surface area contributed by atoms with Gasteiger partial charge in [-0.15, -0.1) is 5.10 Å². The van der Waals surface area contributed by atoms with Gasteiger partial charge >= 0.3 is 5.97 Å². The Bertz CT molecular complexity index is 1040. The third-order valence-electron chi connectivity index (χ3n) is 7.03. The highest BCUT2D eigenvalue weighted by Gasteiger charge is 2.50. The fourth-order valence-corrected chi connectivity index (χ4v) is 5.01. The van der Waals surface area contributed by atoms with Crippen LogP contribution in [0, 0.1) is 5.41 Å². The molecule has 1 amide bonds. The van der Waals surface area contributed by atoms with Crippen molar-refractivity contribution in [2.45, 2.75) is 58.0 Å². The topological polar surface area (TPSA) is 128 Å². The number of likely N-dealkylation sites (tertiary alicyclic amines) is 1. The molecular weight excluding hydrogens is 412 g/mol. The minimum atomic E-state index is -0.315. The number of rotatable bonds is 5. The van der Waals surface area contributed by atoms with Gasteiger partial charge in [-0.1, -0.05) is 0 Å². The van der Waals surface area contributed by atoms with Gasteiger partial charge in [0.15, 0.2) is 5.82 Å². The minimum Gasteiger partial charge on any atom is -0.456 e. The molecule has 11 nitrogen and oxygen atoms in total. The zero-order valence-corrected chi connectivity index (χ0v) is 18.2. The molecule has 3 aliphatic rings. The normalized spacial score (nSPS) is 26.8. The second-order valence-corrected chi connectivity index (χ2v) is 8.85.